The number of benzene rings is 2. The van der Waals surface area contributed by atoms with E-state index in [4.69, 9.17) is 14.3 Å². The van der Waals surface area contributed by atoms with Crippen LogP contribution in [0.5, 0.6) is 5.75 Å². The van der Waals surface area contributed by atoms with Gasteiger partial charge in [-0.1, -0.05) is 23.4 Å². The molecule has 9 heteroatoms. The van der Waals surface area contributed by atoms with E-state index in [1.807, 2.05) is 42.0 Å². The molecule has 0 N–H and O–H groups in total. The molecule has 0 aliphatic carbocycles. The summed E-state index contributed by atoms with van der Waals surface area (Å²) in [6.07, 6.45) is 7.11. The number of imidazole rings is 1. The van der Waals surface area contributed by atoms with Crippen LogP contribution in [0.3, 0.4) is 0 Å². The predicted octanol–water partition coefficient (Wildman–Crippen LogP) is 4.57. The van der Waals surface area contributed by atoms with Crippen LogP contribution < -0.4 is 4.74 Å². The molecule has 0 spiro atoms. The third kappa shape index (κ3) is 3.90. The van der Waals surface area contributed by atoms with Crippen molar-refractivity contribution in [1.29, 1.82) is 0 Å². The van der Waals surface area contributed by atoms with Crippen molar-refractivity contribution >= 4 is 17.9 Å². The molecule has 1 fully saturated rings. The van der Waals surface area contributed by atoms with E-state index in [2.05, 4.69) is 10.1 Å². The fourth-order valence-corrected chi connectivity index (χ4v) is 4.70. The SMILES string of the molecule is CCOC(=O)C1(c2ccccc2F)ON=C2/C(=C/c3ccc(-n4cnc(C)c4)c(OC)c3)CCCN21. The molecule has 36 heavy (non-hydrogen) atoms. The van der Waals surface area contributed by atoms with E-state index in [0.29, 0.717) is 18.1 Å². The molecule has 0 saturated carbocycles. The van der Waals surface area contributed by atoms with Gasteiger partial charge in [-0.05, 0) is 68.2 Å². The number of carbonyl (C=O) groups excluding carboxylic acids is 1. The highest BCUT2D eigenvalue weighted by Gasteiger charge is 2.58. The number of hydrogen-bond acceptors (Lipinski definition) is 7. The van der Waals surface area contributed by atoms with Crippen LogP contribution in [0.25, 0.3) is 11.8 Å². The summed E-state index contributed by atoms with van der Waals surface area (Å²) in [4.78, 5) is 25.0. The van der Waals surface area contributed by atoms with Gasteiger partial charge in [0.15, 0.2) is 5.84 Å². The number of carbonyl (C=O) groups is 1. The zero-order valence-electron chi connectivity index (χ0n) is 20.4. The molecule has 0 amide bonds. The number of piperidine rings is 1. The van der Waals surface area contributed by atoms with Gasteiger partial charge in [-0.3, -0.25) is 0 Å². The topological polar surface area (TPSA) is 78.2 Å². The molecule has 1 unspecified atom stereocenters. The molecule has 8 nitrogen and oxygen atoms in total. The minimum Gasteiger partial charge on any atom is -0.495 e. The van der Waals surface area contributed by atoms with E-state index in [0.717, 1.165) is 35.4 Å². The molecule has 186 valence electrons. The van der Waals surface area contributed by atoms with Crippen molar-refractivity contribution in [3.63, 3.8) is 0 Å². The molecule has 0 radical (unpaired) electrons. The Hall–Kier alpha value is -4.14. The van der Waals surface area contributed by atoms with E-state index >= 15 is 0 Å². The van der Waals surface area contributed by atoms with Gasteiger partial charge >= 0.3 is 11.7 Å². The summed E-state index contributed by atoms with van der Waals surface area (Å²) >= 11 is 0. The quantitative estimate of drug-likeness (QED) is 0.471. The molecule has 0 bridgehead atoms. The summed E-state index contributed by atoms with van der Waals surface area (Å²) in [6, 6.07) is 11.9. The standard InChI is InChI=1S/C27H27FN4O4/c1-4-35-26(33)27(21-9-5-6-10-22(21)28)32-13-7-8-20(25(32)30-36-27)14-19-11-12-23(24(15-19)34-3)31-16-18(2)29-17-31/h5-6,9-12,14-17H,4,7-8,13H2,1-3H3/b20-14+. The zero-order chi connectivity index (χ0) is 25.3. The number of fused-ring (bicyclic) bond motifs is 1. The normalized spacial score (nSPS) is 20.1. The summed E-state index contributed by atoms with van der Waals surface area (Å²) in [6.45, 7) is 4.23. The fraction of sp³-hybridized carbons (Fsp3) is 0.296. The molecular formula is C27H27FN4O4. The Morgan fingerprint density at radius 1 is 1.28 bits per heavy atom. The van der Waals surface area contributed by atoms with Crippen molar-refractivity contribution in [3.8, 4) is 11.4 Å². The van der Waals surface area contributed by atoms with Crippen molar-refractivity contribution in [1.82, 2.24) is 14.5 Å². The number of methoxy groups -OCH3 is 1. The predicted molar refractivity (Wildman–Crippen MR) is 132 cm³/mol. The first-order valence-electron chi connectivity index (χ1n) is 11.8. The first kappa shape index (κ1) is 23.6. The van der Waals surface area contributed by atoms with Gasteiger partial charge in [-0.2, -0.15) is 0 Å². The van der Waals surface area contributed by atoms with Gasteiger partial charge in [-0.15, -0.1) is 0 Å². The summed E-state index contributed by atoms with van der Waals surface area (Å²) in [7, 11) is 1.62. The van der Waals surface area contributed by atoms with Gasteiger partial charge < -0.3 is 23.8 Å². The molecular weight excluding hydrogens is 463 g/mol. The fourth-order valence-electron chi connectivity index (χ4n) is 4.70. The largest absolute Gasteiger partial charge is 0.495 e. The highest BCUT2D eigenvalue weighted by atomic mass is 19.1. The molecule has 1 atom stereocenters. The third-order valence-electron chi connectivity index (χ3n) is 6.34. The lowest BCUT2D eigenvalue weighted by Gasteiger charge is -2.37. The maximum atomic E-state index is 15.0. The van der Waals surface area contributed by atoms with E-state index in [-0.39, 0.29) is 12.2 Å². The smallest absolute Gasteiger partial charge is 0.380 e. The maximum Gasteiger partial charge on any atom is 0.380 e. The Bertz CT molecular complexity index is 1370. The summed E-state index contributed by atoms with van der Waals surface area (Å²) in [5.74, 6) is -0.0815. The van der Waals surface area contributed by atoms with Crippen molar-refractivity contribution in [2.75, 3.05) is 20.3 Å². The number of hydrogen-bond donors (Lipinski definition) is 0. The van der Waals surface area contributed by atoms with E-state index in [1.165, 1.54) is 12.1 Å². The number of nitrogens with zero attached hydrogens (tertiary/aromatic N) is 4. The second-order valence-electron chi connectivity index (χ2n) is 8.63. The average Bonchev–Trinajstić information content (AvgIpc) is 3.49. The van der Waals surface area contributed by atoms with E-state index < -0.39 is 17.5 Å². The maximum absolute atomic E-state index is 15.0. The minimum absolute atomic E-state index is 0.0742. The van der Waals surface area contributed by atoms with E-state index in [9.17, 15) is 9.18 Å². The lowest BCUT2D eigenvalue weighted by molar-refractivity contribution is -0.189. The van der Waals surface area contributed by atoms with Crippen LogP contribution in [0, 0.1) is 12.7 Å². The van der Waals surface area contributed by atoms with Crippen molar-refractivity contribution in [2.24, 2.45) is 5.16 Å². The average molecular weight is 491 g/mol. The van der Waals surface area contributed by atoms with Gasteiger partial charge in [0.05, 0.1) is 37.0 Å². The molecule has 1 aromatic heterocycles. The van der Waals surface area contributed by atoms with Gasteiger partial charge in [0.25, 0.3) is 0 Å². The summed E-state index contributed by atoms with van der Waals surface area (Å²) in [5.41, 5.74) is 1.81. The molecule has 3 aromatic rings. The van der Waals surface area contributed by atoms with Crippen molar-refractivity contribution in [2.45, 2.75) is 32.4 Å². The molecule has 3 heterocycles. The van der Waals surface area contributed by atoms with Gasteiger partial charge in [-0.25, -0.2) is 14.2 Å². The lowest BCUT2D eigenvalue weighted by atomic mass is 9.94. The zero-order valence-corrected chi connectivity index (χ0v) is 20.4. The van der Waals surface area contributed by atoms with Crippen LogP contribution in [0.15, 0.2) is 65.7 Å². The van der Waals surface area contributed by atoms with Crippen LogP contribution in [-0.4, -0.2) is 46.5 Å². The van der Waals surface area contributed by atoms with Crippen LogP contribution in [0.2, 0.25) is 0 Å². The number of amidine groups is 1. The van der Waals surface area contributed by atoms with Crippen LogP contribution >= 0.6 is 0 Å². The number of aromatic nitrogens is 2. The number of oxime groups is 1. The first-order valence-corrected chi connectivity index (χ1v) is 11.8. The highest BCUT2D eigenvalue weighted by Crippen LogP contribution is 2.42. The Morgan fingerprint density at radius 3 is 2.83 bits per heavy atom. The second kappa shape index (κ2) is 9.49. The van der Waals surface area contributed by atoms with Crippen LogP contribution in [0.1, 0.15) is 36.6 Å². The van der Waals surface area contributed by atoms with Crippen molar-refractivity contribution in [3.05, 3.63) is 83.2 Å². The second-order valence-corrected chi connectivity index (χ2v) is 8.63. The summed E-state index contributed by atoms with van der Waals surface area (Å²) in [5, 5.41) is 4.28. The van der Waals surface area contributed by atoms with E-state index in [1.54, 1.807) is 37.4 Å². The van der Waals surface area contributed by atoms with Gasteiger partial charge in [0, 0.05) is 12.7 Å². The molecule has 2 aromatic carbocycles. The lowest BCUT2D eigenvalue weighted by Crippen LogP contribution is -2.55. The Balaban J connectivity index is 1.52. The minimum atomic E-state index is -1.81. The van der Waals surface area contributed by atoms with Crippen LogP contribution in [-0.2, 0) is 20.1 Å². The summed E-state index contributed by atoms with van der Waals surface area (Å²) < 4.78 is 27.8. The Kier molecular flexibility index (Phi) is 6.22. The monoisotopic (exact) mass is 490 g/mol. The third-order valence-corrected chi connectivity index (χ3v) is 6.34. The number of halogens is 1. The number of aryl methyl sites for hydroxylation is 1. The van der Waals surface area contributed by atoms with Gasteiger partial charge in [0.2, 0.25) is 0 Å². The number of rotatable bonds is 6. The molecule has 1 saturated heterocycles. The number of ether oxygens (including phenoxy) is 2. The Labute approximate surface area is 208 Å². The number of esters is 1. The first-order chi connectivity index (χ1) is 17.5. The molecule has 2 aliphatic heterocycles. The molecule has 5 rings (SSSR count). The van der Waals surface area contributed by atoms with Crippen molar-refractivity contribution < 1.29 is 23.5 Å². The van der Waals surface area contributed by atoms with Crippen LogP contribution in [0.4, 0.5) is 4.39 Å². The van der Waals surface area contributed by atoms with Gasteiger partial charge in [0.1, 0.15) is 11.6 Å². The highest BCUT2D eigenvalue weighted by molar-refractivity contribution is 6.06. The molecule has 2 aliphatic rings. The Morgan fingerprint density at radius 2 is 2.11 bits per heavy atom.